The van der Waals surface area contributed by atoms with E-state index in [1.54, 1.807) is 0 Å². The molecule has 1 saturated heterocycles. The second-order valence-electron chi connectivity index (χ2n) is 10.6. The Morgan fingerprint density at radius 2 is 1.19 bits per heavy atom. The van der Waals surface area contributed by atoms with Crippen LogP contribution >= 0.6 is 0 Å². The highest BCUT2D eigenvalue weighted by atomic mass is 16.2. The maximum atomic E-state index is 13.9. The maximum absolute atomic E-state index is 13.9. The fourth-order valence-electron chi connectivity index (χ4n) is 5.31. The van der Waals surface area contributed by atoms with Crippen molar-refractivity contribution in [3.8, 4) is 0 Å². The molecule has 0 spiro atoms. The number of H-pyrrole nitrogens is 1. The summed E-state index contributed by atoms with van der Waals surface area (Å²) in [5, 5.41) is 12.4. The average molecular weight is 566 g/mol. The van der Waals surface area contributed by atoms with Crippen LogP contribution in [0.4, 0.5) is 0 Å². The van der Waals surface area contributed by atoms with Crippen molar-refractivity contribution in [1.82, 2.24) is 26.3 Å². The van der Waals surface area contributed by atoms with Gasteiger partial charge in [0.15, 0.2) is 0 Å². The lowest BCUT2D eigenvalue weighted by molar-refractivity contribution is -0.134. The third kappa shape index (κ3) is 7.42. The molecule has 1 fully saturated rings. The molecule has 5 N–H and O–H groups in total. The quantitative estimate of drug-likeness (QED) is 0.246. The van der Waals surface area contributed by atoms with E-state index in [4.69, 9.17) is 0 Å². The van der Waals surface area contributed by atoms with Crippen LogP contribution in [0.25, 0.3) is 10.9 Å². The van der Waals surface area contributed by atoms with E-state index in [9.17, 15) is 19.2 Å². The van der Waals surface area contributed by atoms with Crippen LogP contribution in [-0.4, -0.2) is 53.8 Å². The highest BCUT2D eigenvalue weighted by Gasteiger charge is 2.31. The molecule has 5 rings (SSSR count). The van der Waals surface area contributed by atoms with E-state index in [-0.39, 0.29) is 44.2 Å². The topological polar surface area (TPSA) is 132 Å². The smallest absolute Gasteiger partial charge is 0.243 e. The van der Waals surface area contributed by atoms with Crippen molar-refractivity contribution in [3.63, 3.8) is 0 Å². The molecular formula is C33H35N5O4. The highest BCUT2D eigenvalue weighted by Crippen LogP contribution is 2.20. The van der Waals surface area contributed by atoms with Gasteiger partial charge in [0.25, 0.3) is 0 Å². The number of para-hydroxylation sites is 1. The summed E-state index contributed by atoms with van der Waals surface area (Å²) in [7, 11) is 0. The van der Waals surface area contributed by atoms with Gasteiger partial charge in [0, 0.05) is 49.5 Å². The van der Waals surface area contributed by atoms with Crippen molar-refractivity contribution in [2.75, 3.05) is 13.1 Å². The van der Waals surface area contributed by atoms with Crippen molar-refractivity contribution >= 4 is 34.5 Å². The first-order valence-electron chi connectivity index (χ1n) is 14.2. The van der Waals surface area contributed by atoms with Gasteiger partial charge in [0.1, 0.15) is 12.1 Å². The van der Waals surface area contributed by atoms with Gasteiger partial charge < -0.3 is 26.3 Å². The molecular weight excluding hydrogens is 530 g/mol. The van der Waals surface area contributed by atoms with Gasteiger partial charge in [0.05, 0.1) is 5.92 Å². The number of benzene rings is 3. The number of hydrogen-bond donors (Lipinski definition) is 5. The van der Waals surface area contributed by atoms with Crippen LogP contribution in [0, 0.1) is 5.92 Å². The molecule has 1 aromatic heterocycles. The van der Waals surface area contributed by atoms with Crippen LogP contribution in [-0.2, 0) is 38.4 Å². The summed E-state index contributed by atoms with van der Waals surface area (Å²) < 4.78 is 0. The van der Waals surface area contributed by atoms with Crippen molar-refractivity contribution < 1.29 is 19.2 Å². The Hall–Kier alpha value is -4.92. The van der Waals surface area contributed by atoms with Crippen LogP contribution in [0.2, 0.25) is 0 Å². The first-order valence-corrected chi connectivity index (χ1v) is 14.2. The summed E-state index contributed by atoms with van der Waals surface area (Å²) in [6.07, 6.45) is 2.60. The SMILES string of the molecule is O=C1C[C@H](Cc2ccccc2)C(=O)N[C@@H](Cc2c[nH]c3ccccc23)C(=O)N[C@@H](Cc2ccccc2)C(=O)NCCN1. The number of hydrogen-bond acceptors (Lipinski definition) is 4. The summed E-state index contributed by atoms with van der Waals surface area (Å²) in [6.45, 7) is 0.402. The number of amides is 4. The van der Waals surface area contributed by atoms with Crippen LogP contribution in [0.3, 0.4) is 0 Å². The van der Waals surface area contributed by atoms with Crippen molar-refractivity contribution in [2.24, 2.45) is 5.92 Å². The molecule has 2 heterocycles. The third-order valence-corrected chi connectivity index (χ3v) is 7.52. The predicted molar refractivity (Wildman–Crippen MR) is 160 cm³/mol. The van der Waals surface area contributed by atoms with Crippen molar-refractivity contribution in [1.29, 1.82) is 0 Å². The van der Waals surface area contributed by atoms with Gasteiger partial charge in [-0.2, -0.15) is 0 Å². The van der Waals surface area contributed by atoms with Crippen LogP contribution < -0.4 is 21.3 Å². The van der Waals surface area contributed by atoms with E-state index in [0.717, 1.165) is 27.6 Å². The Bertz CT molecular complexity index is 1540. The highest BCUT2D eigenvalue weighted by molar-refractivity contribution is 5.94. The summed E-state index contributed by atoms with van der Waals surface area (Å²) in [5.74, 6) is -2.21. The van der Waals surface area contributed by atoms with Crippen molar-refractivity contribution in [2.45, 2.75) is 37.8 Å². The summed E-state index contributed by atoms with van der Waals surface area (Å²) in [6, 6.07) is 24.8. The second kappa shape index (κ2) is 13.6. The largest absolute Gasteiger partial charge is 0.361 e. The Morgan fingerprint density at radius 3 is 1.93 bits per heavy atom. The molecule has 0 aliphatic carbocycles. The molecule has 4 amide bonds. The Morgan fingerprint density at radius 1 is 0.595 bits per heavy atom. The van der Waals surface area contributed by atoms with E-state index >= 15 is 0 Å². The fourth-order valence-corrected chi connectivity index (χ4v) is 5.31. The fraction of sp³-hybridized carbons (Fsp3) is 0.273. The number of aromatic nitrogens is 1. The average Bonchev–Trinajstić information content (AvgIpc) is 3.41. The zero-order chi connectivity index (χ0) is 29.3. The van der Waals surface area contributed by atoms with Crippen molar-refractivity contribution in [3.05, 3.63) is 108 Å². The molecule has 1 aliphatic heterocycles. The Kier molecular flexibility index (Phi) is 9.28. The van der Waals surface area contributed by atoms with E-state index in [1.807, 2.05) is 91.1 Å². The van der Waals surface area contributed by atoms with Gasteiger partial charge >= 0.3 is 0 Å². The van der Waals surface area contributed by atoms with Gasteiger partial charge in [-0.05, 0) is 29.2 Å². The molecule has 1 aliphatic rings. The van der Waals surface area contributed by atoms with E-state index in [0.29, 0.717) is 6.42 Å². The molecule has 42 heavy (non-hydrogen) atoms. The maximum Gasteiger partial charge on any atom is 0.243 e. The normalized spacial score (nSPS) is 20.6. The molecule has 3 atom stereocenters. The third-order valence-electron chi connectivity index (χ3n) is 7.52. The van der Waals surface area contributed by atoms with E-state index < -0.39 is 29.8 Å². The minimum atomic E-state index is -0.980. The lowest BCUT2D eigenvalue weighted by Gasteiger charge is -2.26. The van der Waals surface area contributed by atoms with E-state index in [2.05, 4.69) is 26.3 Å². The van der Waals surface area contributed by atoms with Crippen LogP contribution in [0.1, 0.15) is 23.1 Å². The number of fused-ring (bicyclic) bond motifs is 1. The van der Waals surface area contributed by atoms with Crippen LogP contribution in [0.15, 0.2) is 91.1 Å². The summed E-state index contributed by atoms with van der Waals surface area (Å²) >= 11 is 0. The summed E-state index contributed by atoms with van der Waals surface area (Å²) in [5.41, 5.74) is 3.57. The number of nitrogens with one attached hydrogen (secondary N) is 5. The Balaban J connectivity index is 1.45. The van der Waals surface area contributed by atoms with Gasteiger partial charge in [-0.25, -0.2) is 0 Å². The number of aromatic amines is 1. The van der Waals surface area contributed by atoms with Gasteiger partial charge in [-0.15, -0.1) is 0 Å². The molecule has 9 nitrogen and oxygen atoms in total. The predicted octanol–water partition coefficient (Wildman–Crippen LogP) is 2.42. The minimum absolute atomic E-state index is 0.0489. The van der Waals surface area contributed by atoms with Gasteiger partial charge in [-0.1, -0.05) is 78.9 Å². The minimum Gasteiger partial charge on any atom is -0.361 e. The first-order chi connectivity index (χ1) is 20.5. The number of carbonyl (C=O) groups is 4. The van der Waals surface area contributed by atoms with E-state index in [1.165, 1.54) is 0 Å². The number of rotatable bonds is 6. The standard InChI is InChI=1S/C33H35N5O4/c39-30-20-24(17-22-9-3-1-4-10-22)31(40)37-29(19-25-21-36-27-14-8-7-13-26(25)27)33(42)38-28(32(41)35-16-15-34-30)18-23-11-5-2-6-12-23/h1-14,21,24,28-29,36H,15-20H2,(H,34,39)(H,35,41)(H,37,40)(H,38,42)/t24-,28-,29-/m0/s1. The molecule has 0 radical (unpaired) electrons. The molecule has 3 aromatic carbocycles. The monoisotopic (exact) mass is 565 g/mol. The lowest BCUT2D eigenvalue weighted by atomic mass is 9.93. The zero-order valence-electron chi connectivity index (χ0n) is 23.3. The number of carbonyl (C=O) groups excluding carboxylic acids is 4. The summed E-state index contributed by atoms with van der Waals surface area (Å²) in [4.78, 5) is 56.9. The molecule has 9 heteroatoms. The Labute approximate surface area is 244 Å². The zero-order valence-corrected chi connectivity index (χ0v) is 23.3. The van der Waals surface area contributed by atoms with Crippen LogP contribution in [0.5, 0.6) is 0 Å². The molecule has 216 valence electrons. The molecule has 0 bridgehead atoms. The second-order valence-corrected chi connectivity index (χ2v) is 10.6. The molecule has 0 saturated carbocycles. The van der Waals surface area contributed by atoms with Gasteiger partial charge in [0.2, 0.25) is 23.6 Å². The molecule has 4 aromatic rings. The first kappa shape index (κ1) is 28.6. The molecule has 0 unspecified atom stereocenters. The van der Waals surface area contributed by atoms with Gasteiger partial charge in [-0.3, -0.25) is 19.2 Å². The lowest BCUT2D eigenvalue weighted by Crippen LogP contribution is -2.56.